The Balaban J connectivity index is 1.35. The van der Waals surface area contributed by atoms with E-state index in [0.717, 1.165) is 43.0 Å². The Labute approximate surface area is 152 Å². The average molecular weight is 350 g/mol. The van der Waals surface area contributed by atoms with E-state index in [1.165, 1.54) is 0 Å². The molecule has 0 atom stereocenters. The molecule has 3 aromatic rings. The minimum Gasteiger partial charge on any atom is -0.355 e. The summed E-state index contributed by atoms with van der Waals surface area (Å²) in [7, 11) is 1.89. The van der Waals surface area contributed by atoms with Gasteiger partial charge in [-0.1, -0.05) is 30.3 Å². The van der Waals surface area contributed by atoms with E-state index in [2.05, 4.69) is 32.3 Å². The van der Waals surface area contributed by atoms with E-state index in [1.54, 1.807) is 10.8 Å². The second kappa shape index (κ2) is 7.11. The standard InChI is InChI=1S/C19H22N6O/c1-23(13-15-5-3-2-4-6-15)19(26)16-9-11-24(12-10-16)18-8-7-17-21-20-14-25(17)22-18/h2-8,14,16H,9-13H2,1H3. The molecule has 0 saturated carbocycles. The monoisotopic (exact) mass is 350 g/mol. The lowest BCUT2D eigenvalue weighted by Gasteiger charge is -2.33. The average Bonchev–Trinajstić information content (AvgIpc) is 3.16. The van der Waals surface area contributed by atoms with Crippen LogP contribution in [0.1, 0.15) is 18.4 Å². The van der Waals surface area contributed by atoms with Crippen LogP contribution in [0.15, 0.2) is 48.8 Å². The first-order valence-corrected chi connectivity index (χ1v) is 8.91. The molecule has 1 aliphatic rings. The smallest absolute Gasteiger partial charge is 0.225 e. The van der Waals surface area contributed by atoms with Gasteiger partial charge in [-0.25, -0.2) is 0 Å². The molecular weight excluding hydrogens is 328 g/mol. The van der Waals surface area contributed by atoms with Crippen LogP contribution >= 0.6 is 0 Å². The molecule has 0 spiro atoms. The molecule has 26 heavy (non-hydrogen) atoms. The van der Waals surface area contributed by atoms with Crippen LogP contribution in [0.25, 0.3) is 5.65 Å². The van der Waals surface area contributed by atoms with Gasteiger partial charge in [0, 0.05) is 32.6 Å². The maximum atomic E-state index is 12.8. The number of fused-ring (bicyclic) bond motifs is 1. The maximum absolute atomic E-state index is 12.8. The zero-order valence-corrected chi connectivity index (χ0v) is 14.8. The third-order valence-corrected chi connectivity index (χ3v) is 4.95. The van der Waals surface area contributed by atoms with Gasteiger partial charge >= 0.3 is 0 Å². The van der Waals surface area contributed by atoms with E-state index < -0.39 is 0 Å². The van der Waals surface area contributed by atoms with Crippen molar-refractivity contribution in [2.75, 3.05) is 25.0 Å². The fraction of sp³-hybridized carbons (Fsp3) is 0.368. The van der Waals surface area contributed by atoms with E-state index in [9.17, 15) is 4.79 Å². The highest BCUT2D eigenvalue weighted by molar-refractivity contribution is 5.79. The number of amides is 1. The number of piperidine rings is 1. The van der Waals surface area contributed by atoms with E-state index in [-0.39, 0.29) is 11.8 Å². The van der Waals surface area contributed by atoms with Crippen LogP contribution in [0.5, 0.6) is 0 Å². The third-order valence-electron chi connectivity index (χ3n) is 4.95. The number of hydrogen-bond acceptors (Lipinski definition) is 5. The van der Waals surface area contributed by atoms with Crippen LogP contribution in [0, 0.1) is 5.92 Å². The number of nitrogens with zero attached hydrogens (tertiary/aromatic N) is 6. The largest absolute Gasteiger partial charge is 0.355 e. The van der Waals surface area contributed by atoms with Gasteiger partial charge in [0.05, 0.1) is 0 Å². The Morgan fingerprint density at radius 3 is 2.69 bits per heavy atom. The molecule has 1 aromatic carbocycles. The second-order valence-electron chi connectivity index (χ2n) is 6.77. The lowest BCUT2D eigenvalue weighted by atomic mass is 9.95. The molecule has 4 rings (SSSR count). The number of anilines is 1. The lowest BCUT2D eigenvalue weighted by Crippen LogP contribution is -2.41. The van der Waals surface area contributed by atoms with E-state index in [1.807, 2.05) is 42.3 Å². The maximum Gasteiger partial charge on any atom is 0.225 e. The summed E-state index contributed by atoms with van der Waals surface area (Å²) >= 11 is 0. The predicted octanol–water partition coefficient (Wildman–Crippen LogP) is 2.00. The summed E-state index contributed by atoms with van der Waals surface area (Å²) in [6, 6.07) is 14.0. The number of hydrogen-bond donors (Lipinski definition) is 0. The van der Waals surface area contributed by atoms with Gasteiger partial charge in [-0.3, -0.25) is 4.79 Å². The summed E-state index contributed by atoms with van der Waals surface area (Å²) in [5.74, 6) is 1.22. The van der Waals surface area contributed by atoms with Crippen molar-refractivity contribution < 1.29 is 4.79 Å². The van der Waals surface area contributed by atoms with Crippen molar-refractivity contribution >= 4 is 17.4 Å². The zero-order valence-electron chi connectivity index (χ0n) is 14.8. The highest BCUT2D eigenvalue weighted by Crippen LogP contribution is 2.23. The first kappa shape index (κ1) is 16.5. The number of carbonyl (C=O) groups is 1. The number of carbonyl (C=O) groups excluding carboxylic acids is 1. The summed E-state index contributed by atoms with van der Waals surface area (Å²) in [4.78, 5) is 16.8. The minimum atomic E-state index is 0.0820. The fourth-order valence-corrected chi connectivity index (χ4v) is 3.49. The molecule has 1 aliphatic heterocycles. The van der Waals surface area contributed by atoms with E-state index >= 15 is 0 Å². The third kappa shape index (κ3) is 3.37. The Morgan fingerprint density at radius 2 is 1.92 bits per heavy atom. The SMILES string of the molecule is CN(Cc1ccccc1)C(=O)C1CCN(c2ccc3nncn3n2)CC1. The Kier molecular flexibility index (Phi) is 4.51. The first-order chi connectivity index (χ1) is 12.7. The molecular formula is C19H22N6O. The Bertz CT molecular complexity index is 885. The van der Waals surface area contributed by atoms with Gasteiger partial charge < -0.3 is 9.80 Å². The van der Waals surface area contributed by atoms with Gasteiger partial charge in [-0.05, 0) is 30.5 Å². The highest BCUT2D eigenvalue weighted by Gasteiger charge is 2.27. The molecule has 134 valence electrons. The van der Waals surface area contributed by atoms with Gasteiger partial charge in [0.2, 0.25) is 5.91 Å². The van der Waals surface area contributed by atoms with Crippen LogP contribution in [0.2, 0.25) is 0 Å². The lowest BCUT2D eigenvalue weighted by molar-refractivity contribution is -0.135. The second-order valence-corrected chi connectivity index (χ2v) is 6.77. The first-order valence-electron chi connectivity index (χ1n) is 8.91. The quantitative estimate of drug-likeness (QED) is 0.720. The number of benzene rings is 1. The van der Waals surface area contributed by atoms with Crippen LogP contribution in [-0.4, -0.2) is 50.8 Å². The van der Waals surface area contributed by atoms with Crippen molar-refractivity contribution in [3.8, 4) is 0 Å². The van der Waals surface area contributed by atoms with Crippen LogP contribution < -0.4 is 4.90 Å². The Hall–Kier alpha value is -2.96. The van der Waals surface area contributed by atoms with Gasteiger partial charge in [0.15, 0.2) is 5.65 Å². The molecule has 0 aliphatic carbocycles. The molecule has 7 nitrogen and oxygen atoms in total. The summed E-state index contributed by atoms with van der Waals surface area (Å²) in [6.07, 6.45) is 3.30. The van der Waals surface area contributed by atoms with Crippen LogP contribution in [-0.2, 0) is 11.3 Å². The molecule has 7 heteroatoms. The van der Waals surface area contributed by atoms with E-state index in [4.69, 9.17) is 0 Å². The minimum absolute atomic E-state index is 0.0820. The molecule has 0 bridgehead atoms. The number of rotatable bonds is 4. The zero-order chi connectivity index (χ0) is 17.9. The fourth-order valence-electron chi connectivity index (χ4n) is 3.49. The molecule has 3 heterocycles. The molecule has 0 unspecified atom stereocenters. The van der Waals surface area contributed by atoms with Crippen molar-refractivity contribution in [3.05, 3.63) is 54.4 Å². The van der Waals surface area contributed by atoms with Crippen molar-refractivity contribution in [2.45, 2.75) is 19.4 Å². The molecule has 1 fully saturated rings. The molecule has 2 aromatic heterocycles. The van der Waals surface area contributed by atoms with Crippen molar-refractivity contribution in [1.29, 1.82) is 0 Å². The van der Waals surface area contributed by atoms with Crippen LogP contribution in [0.3, 0.4) is 0 Å². The molecule has 1 saturated heterocycles. The normalized spacial score (nSPS) is 15.3. The van der Waals surface area contributed by atoms with Crippen molar-refractivity contribution in [1.82, 2.24) is 24.7 Å². The van der Waals surface area contributed by atoms with Crippen molar-refractivity contribution in [2.24, 2.45) is 5.92 Å². The summed E-state index contributed by atoms with van der Waals surface area (Å²) in [6.45, 7) is 2.32. The Morgan fingerprint density at radius 1 is 1.15 bits per heavy atom. The highest BCUT2D eigenvalue weighted by atomic mass is 16.2. The van der Waals surface area contributed by atoms with Gasteiger partial charge in [0.1, 0.15) is 12.1 Å². The van der Waals surface area contributed by atoms with E-state index in [0.29, 0.717) is 6.54 Å². The predicted molar refractivity (Wildman–Crippen MR) is 98.6 cm³/mol. The molecule has 0 N–H and O–H groups in total. The van der Waals surface area contributed by atoms with Gasteiger partial charge in [-0.15, -0.1) is 15.3 Å². The summed E-state index contributed by atoms with van der Waals surface area (Å²) in [5, 5.41) is 12.4. The van der Waals surface area contributed by atoms with Crippen molar-refractivity contribution in [3.63, 3.8) is 0 Å². The summed E-state index contributed by atoms with van der Waals surface area (Å²) in [5.41, 5.74) is 1.90. The summed E-state index contributed by atoms with van der Waals surface area (Å²) < 4.78 is 1.68. The molecule has 0 radical (unpaired) electrons. The van der Waals surface area contributed by atoms with Crippen LogP contribution in [0.4, 0.5) is 5.82 Å². The molecule has 1 amide bonds. The number of aromatic nitrogens is 4. The van der Waals surface area contributed by atoms with Gasteiger partial charge in [-0.2, -0.15) is 4.52 Å². The van der Waals surface area contributed by atoms with Gasteiger partial charge in [0.25, 0.3) is 0 Å². The topological polar surface area (TPSA) is 66.6 Å².